The molecule has 23 heavy (non-hydrogen) atoms. The number of halogens is 1. The fourth-order valence-electron chi connectivity index (χ4n) is 3.12. The van der Waals surface area contributed by atoms with Crippen LogP contribution in [0.15, 0.2) is 72.8 Å². The maximum Gasteiger partial charge on any atom is 0.211 e. The second-order valence-electron chi connectivity index (χ2n) is 5.95. The monoisotopic (exact) mass is 339 g/mol. The van der Waals surface area contributed by atoms with Crippen molar-refractivity contribution in [1.29, 1.82) is 0 Å². The van der Waals surface area contributed by atoms with Gasteiger partial charge in [-0.05, 0) is 55.7 Å². The number of aryl methyl sites for hydroxylation is 3. The first kappa shape index (κ1) is 16.2. The highest BCUT2D eigenvalue weighted by Gasteiger charge is 2.47. The van der Waals surface area contributed by atoms with Crippen molar-refractivity contribution >= 4 is 33.8 Å². The highest BCUT2D eigenvalue weighted by Crippen LogP contribution is 2.62. The molecule has 0 aromatic heterocycles. The Bertz CT molecular complexity index is 728. The normalized spacial score (nSPS) is 11.5. The maximum absolute atomic E-state index is 7.54. The summed E-state index contributed by atoms with van der Waals surface area (Å²) < 4.78 is 0. The first-order chi connectivity index (χ1) is 11.0. The summed E-state index contributed by atoms with van der Waals surface area (Å²) in [5, 5.41) is 3.76. The van der Waals surface area contributed by atoms with E-state index in [0.717, 1.165) is 0 Å². The molecular weight excluding hydrogens is 319 g/mol. The summed E-state index contributed by atoms with van der Waals surface area (Å²) in [7, 11) is 0. The van der Waals surface area contributed by atoms with E-state index in [1.165, 1.54) is 32.6 Å². The largest absolute Gasteiger partial charge is 0.211 e. The Balaban J connectivity index is 2.38. The smallest absolute Gasteiger partial charge is 0.0617 e. The lowest BCUT2D eigenvalue weighted by Crippen LogP contribution is -2.31. The van der Waals surface area contributed by atoms with Crippen molar-refractivity contribution in [3.8, 4) is 0 Å². The second-order valence-corrected chi connectivity index (χ2v) is 10.1. The van der Waals surface area contributed by atoms with E-state index in [0.29, 0.717) is 0 Å². The minimum Gasteiger partial charge on any atom is -0.0617 e. The van der Waals surface area contributed by atoms with Crippen molar-refractivity contribution in [2.45, 2.75) is 20.8 Å². The summed E-state index contributed by atoms with van der Waals surface area (Å²) in [6.45, 7) is 4.30. The molecule has 0 unspecified atom stereocenters. The van der Waals surface area contributed by atoms with Crippen molar-refractivity contribution in [3.63, 3.8) is 0 Å². The predicted octanol–water partition coefficient (Wildman–Crippen LogP) is 5.06. The number of rotatable bonds is 3. The minimum atomic E-state index is -2.17. The minimum absolute atomic E-state index is 1.25. The third kappa shape index (κ3) is 2.82. The van der Waals surface area contributed by atoms with Crippen LogP contribution in [0.25, 0.3) is 0 Å². The molecule has 0 bridgehead atoms. The highest BCUT2D eigenvalue weighted by molar-refractivity contribution is 8.15. The Kier molecular flexibility index (Phi) is 4.57. The molecule has 0 fully saturated rings. The lowest BCUT2D eigenvalue weighted by Gasteiger charge is -2.23. The van der Waals surface area contributed by atoms with Crippen LogP contribution in [0.4, 0.5) is 0 Å². The van der Waals surface area contributed by atoms with E-state index in [4.69, 9.17) is 11.2 Å². The van der Waals surface area contributed by atoms with Gasteiger partial charge in [0.05, 0.1) is 0 Å². The van der Waals surface area contributed by atoms with Gasteiger partial charge in [0.2, 0.25) is 6.62 Å². The van der Waals surface area contributed by atoms with Gasteiger partial charge in [0.25, 0.3) is 0 Å². The van der Waals surface area contributed by atoms with Gasteiger partial charge < -0.3 is 0 Å². The SMILES string of the molecule is Cc1ccccc1[P+](Cl)(c1ccccc1C)c1ccccc1C. The molecule has 3 rings (SSSR count). The predicted molar refractivity (Wildman–Crippen MR) is 105 cm³/mol. The standard InChI is InChI=1S/C21H21ClP/c1-16-10-4-7-13-19(16)23(22,20-14-8-5-11-17(20)2)21-15-9-6-12-18(21)3/h4-15H,1-3H3/q+1. The van der Waals surface area contributed by atoms with Gasteiger partial charge in [0.1, 0.15) is 27.2 Å². The molecule has 0 saturated heterocycles. The van der Waals surface area contributed by atoms with Crippen molar-refractivity contribution in [3.05, 3.63) is 89.5 Å². The van der Waals surface area contributed by atoms with Crippen LogP contribution in [-0.4, -0.2) is 0 Å². The average molecular weight is 340 g/mol. The van der Waals surface area contributed by atoms with E-state index >= 15 is 0 Å². The van der Waals surface area contributed by atoms with Gasteiger partial charge in [-0.3, -0.25) is 0 Å². The van der Waals surface area contributed by atoms with E-state index in [-0.39, 0.29) is 0 Å². The molecule has 0 aliphatic rings. The second kappa shape index (κ2) is 6.48. The van der Waals surface area contributed by atoms with Gasteiger partial charge in [-0.2, -0.15) is 0 Å². The molecule has 0 atom stereocenters. The summed E-state index contributed by atoms with van der Waals surface area (Å²) >= 11 is 7.54. The van der Waals surface area contributed by atoms with E-state index in [1.54, 1.807) is 0 Å². The number of benzene rings is 3. The number of hydrogen-bond acceptors (Lipinski definition) is 0. The molecule has 0 radical (unpaired) electrons. The van der Waals surface area contributed by atoms with Crippen LogP contribution in [0.3, 0.4) is 0 Å². The van der Waals surface area contributed by atoms with Gasteiger partial charge in [0.15, 0.2) is 0 Å². The van der Waals surface area contributed by atoms with Crippen molar-refractivity contribution < 1.29 is 0 Å². The van der Waals surface area contributed by atoms with E-state index in [9.17, 15) is 0 Å². The molecule has 0 nitrogen and oxygen atoms in total. The Labute approximate surface area is 144 Å². The molecule has 0 saturated carbocycles. The van der Waals surface area contributed by atoms with Gasteiger partial charge in [-0.1, -0.05) is 54.6 Å². The maximum atomic E-state index is 7.54. The Morgan fingerprint density at radius 2 is 0.783 bits per heavy atom. The number of hydrogen-bond donors (Lipinski definition) is 0. The van der Waals surface area contributed by atoms with Crippen molar-refractivity contribution in [2.75, 3.05) is 0 Å². The van der Waals surface area contributed by atoms with E-state index in [2.05, 4.69) is 93.6 Å². The van der Waals surface area contributed by atoms with Gasteiger partial charge >= 0.3 is 0 Å². The van der Waals surface area contributed by atoms with Crippen molar-refractivity contribution in [1.82, 2.24) is 0 Å². The lowest BCUT2D eigenvalue weighted by atomic mass is 10.2. The fraction of sp³-hybridized carbons (Fsp3) is 0.143. The van der Waals surface area contributed by atoms with Crippen LogP contribution in [0, 0.1) is 20.8 Å². The third-order valence-corrected chi connectivity index (χ3v) is 9.48. The molecular formula is C21H21ClP+. The van der Waals surface area contributed by atoms with Crippen LogP contribution in [0.5, 0.6) is 0 Å². The molecule has 0 amide bonds. The van der Waals surface area contributed by atoms with Crippen LogP contribution >= 0.6 is 17.9 Å². The first-order valence-electron chi connectivity index (χ1n) is 7.82. The molecule has 3 aromatic rings. The van der Waals surface area contributed by atoms with Gasteiger partial charge in [0, 0.05) is 0 Å². The van der Waals surface area contributed by atoms with Gasteiger partial charge in [-0.25, -0.2) is 0 Å². The molecule has 0 N–H and O–H groups in total. The molecule has 0 aliphatic heterocycles. The lowest BCUT2D eigenvalue weighted by molar-refractivity contribution is 1.49. The zero-order chi connectivity index (χ0) is 16.4. The molecule has 2 heteroatoms. The fourth-order valence-corrected chi connectivity index (χ4v) is 8.16. The Morgan fingerprint density at radius 1 is 0.522 bits per heavy atom. The van der Waals surface area contributed by atoms with Crippen molar-refractivity contribution in [2.24, 2.45) is 0 Å². The first-order valence-corrected chi connectivity index (χ1v) is 10.5. The molecule has 116 valence electrons. The highest BCUT2D eigenvalue weighted by atomic mass is 35.7. The Hall–Kier alpha value is -1.62. The van der Waals surface area contributed by atoms with E-state index in [1.807, 2.05) is 0 Å². The summed E-state index contributed by atoms with van der Waals surface area (Å²) in [6, 6.07) is 25.6. The van der Waals surface area contributed by atoms with Gasteiger partial charge in [-0.15, -0.1) is 0 Å². The third-order valence-electron chi connectivity index (χ3n) is 4.34. The summed E-state index contributed by atoms with van der Waals surface area (Å²) in [5.74, 6) is 0. The molecule has 0 aliphatic carbocycles. The summed E-state index contributed by atoms with van der Waals surface area (Å²) in [4.78, 5) is 0. The molecule has 3 aromatic carbocycles. The summed E-state index contributed by atoms with van der Waals surface area (Å²) in [5.41, 5.74) is 3.76. The zero-order valence-corrected chi connectivity index (χ0v) is 15.4. The average Bonchev–Trinajstić information content (AvgIpc) is 2.55. The Morgan fingerprint density at radius 3 is 1.04 bits per heavy atom. The summed E-state index contributed by atoms with van der Waals surface area (Å²) in [6.07, 6.45) is 0. The van der Waals surface area contributed by atoms with Crippen LogP contribution < -0.4 is 15.9 Å². The van der Waals surface area contributed by atoms with E-state index < -0.39 is 6.62 Å². The molecule has 0 heterocycles. The van der Waals surface area contributed by atoms with Crippen LogP contribution in [-0.2, 0) is 0 Å². The van der Waals surface area contributed by atoms with Crippen LogP contribution in [0.2, 0.25) is 0 Å². The van der Waals surface area contributed by atoms with Crippen LogP contribution in [0.1, 0.15) is 16.7 Å². The zero-order valence-electron chi connectivity index (χ0n) is 13.8. The molecule has 0 spiro atoms. The quantitative estimate of drug-likeness (QED) is 0.585. The topological polar surface area (TPSA) is 0 Å².